The molecule has 1 aromatic carbocycles. The first-order valence-electron chi connectivity index (χ1n) is 6.94. The lowest BCUT2D eigenvalue weighted by atomic mass is 10.2. The average Bonchev–Trinajstić information content (AvgIpc) is 2.74. The van der Waals surface area contributed by atoms with Gasteiger partial charge in [-0.2, -0.15) is 0 Å². The molecule has 5 nitrogen and oxygen atoms in total. The maximum atomic E-state index is 12.3. The van der Waals surface area contributed by atoms with E-state index in [2.05, 4.69) is 4.90 Å². The van der Waals surface area contributed by atoms with Crippen molar-refractivity contribution in [2.45, 2.75) is 17.9 Å². The molecule has 0 aromatic heterocycles. The van der Waals surface area contributed by atoms with Crippen LogP contribution >= 0.6 is 0 Å². The maximum absolute atomic E-state index is 12.3. The molecule has 0 atom stereocenters. The quantitative estimate of drug-likeness (QED) is 0.864. The first-order chi connectivity index (χ1) is 9.62. The summed E-state index contributed by atoms with van der Waals surface area (Å²) in [6.45, 7) is 4.15. The minimum Gasteiger partial charge on any atom is -0.380 e. The Kier molecular flexibility index (Phi) is 5.54. The van der Waals surface area contributed by atoms with Gasteiger partial charge >= 0.3 is 0 Å². The Morgan fingerprint density at radius 2 is 1.90 bits per heavy atom. The summed E-state index contributed by atoms with van der Waals surface area (Å²) < 4.78 is 29.9. The van der Waals surface area contributed by atoms with Crippen molar-refractivity contribution in [3.63, 3.8) is 0 Å². The number of nitrogens with two attached hydrogens (primary N) is 1. The standard InChI is InChI=1S/C14H22N2O3S/c15-12-13-2-4-14(5-3-13)20(17,18)11-8-16-6-1-9-19-10-7-16/h2-5H,1,6-12,15H2. The summed E-state index contributed by atoms with van der Waals surface area (Å²) >= 11 is 0. The van der Waals surface area contributed by atoms with Crippen molar-refractivity contribution in [2.24, 2.45) is 5.73 Å². The van der Waals surface area contributed by atoms with Crippen molar-refractivity contribution in [2.75, 3.05) is 38.6 Å². The highest BCUT2D eigenvalue weighted by molar-refractivity contribution is 7.91. The number of sulfone groups is 1. The Bertz CT molecular complexity index is 506. The highest BCUT2D eigenvalue weighted by Gasteiger charge is 2.17. The summed E-state index contributed by atoms with van der Waals surface area (Å²) in [6, 6.07) is 6.82. The lowest BCUT2D eigenvalue weighted by Gasteiger charge is -2.18. The molecule has 0 spiro atoms. The Morgan fingerprint density at radius 1 is 1.15 bits per heavy atom. The molecule has 1 fully saturated rings. The van der Waals surface area contributed by atoms with Gasteiger partial charge in [0, 0.05) is 32.8 Å². The van der Waals surface area contributed by atoms with Crippen LogP contribution in [0.15, 0.2) is 29.2 Å². The highest BCUT2D eigenvalue weighted by Crippen LogP contribution is 2.13. The molecule has 1 heterocycles. The number of hydrogen-bond donors (Lipinski definition) is 1. The molecule has 112 valence electrons. The van der Waals surface area contributed by atoms with Crippen molar-refractivity contribution in [1.29, 1.82) is 0 Å². The van der Waals surface area contributed by atoms with Gasteiger partial charge in [0.1, 0.15) is 0 Å². The third kappa shape index (κ3) is 4.28. The molecule has 0 unspecified atom stereocenters. The van der Waals surface area contributed by atoms with Crippen LogP contribution in [0.4, 0.5) is 0 Å². The molecule has 6 heteroatoms. The second kappa shape index (κ2) is 7.17. The van der Waals surface area contributed by atoms with Crippen LogP contribution in [0, 0.1) is 0 Å². The Hall–Kier alpha value is -0.950. The highest BCUT2D eigenvalue weighted by atomic mass is 32.2. The molecule has 20 heavy (non-hydrogen) atoms. The second-order valence-electron chi connectivity index (χ2n) is 4.97. The Balaban J connectivity index is 1.95. The van der Waals surface area contributed by atoms with Gasteiger partial charge in [-0.25, -0.2) is 8.42 Å². The zero-order chi connectivity index (χ0) is 14.4. The fourth-order valence-electron chi connectivity index (χ4n) is 2.22. The zero-order valence-electron chi connectivity index (χ0n) is 11.6. The number of ether oxygens (including phenoxy) is 1. The van der Waals surface area contributed by atoms with Crippen LogP contribution in [0.25, 0.3) is 0 Å². The van der Waals surface area contributed by atoms with Gasteiger partial charge in [0.25, 0.3) is 0 Å². The van der Waals surface area contributed by atoms with E-state index in [1.54, 1.807) is 24.3 Å². The first kappa shape index (κ1) is 15.4. The molecule has 0 saturated carbocycles. The fourth-order valence-corrected chi connectivity index (χ4v) is 3.51. The van der Waals surface area contributed by atoms with Gasteiger partial charge in [0.2, 0.25) is 0 Å². The molecule has 1 saturated heterocycles. The smallest absolute Gasteiger partial charge is 0.179 e. The summed E-state index contributed by atoms with van der Waals surface area (Å²) in [6.07, 6.45) is 0.964. The third-order valence-electron chi connectivity index (χ3n) is 3.51. The number of rotatable bonds is 5. The minimum atomic E-state index is -3.22. The molecule has 1 aromatic rings. The van der Waals surface area contributed by atoms with E-state index < -0.39 is 9.84 Å². The Labute approximate surface area is 120 Å². The topological polar surface area (TPSA) is 72.6 Å². The van der Waals surface area contributed by atoms with Crippen molar-refractivity contribution in [3.8, 4) is 0 Å². The molecular weight excluding hydrogens is 276 g/mol. The first-order valence-corrected chi connectivity index (χ1v) is 8.59. The Morgan fingerprint density at radius 3 is 2.60 bits per heavy atom. The van der Waals surface area contributed by atoms with E-state index >= 15 is 0 Å². The number of benzene rings is 1. The van der Waals surface area contributed by atoms with Crippen LogP contribution in [0.5, 0.6) is 0 Å². The molecule has 2 N–H and O–H groups in total. The number of hydrogen-bond acceptors (Lipinski definition) is 5. The van der Waals surface area contributed by atoms with Crippen LogP contribution in [0.1, 0.15) is 12.0 Å². The SMILES string of the molecule is NCc1ccc(S(=O)(=O)CCN2CCCOCC2)cc1. The fraction of sp³-hybridized carbons (Fsp3) is 0.571. The molecule has 0 bridgehead atoms. The number of nitrogens with zero attached hydrogens (tertiary/aromatic N) is 1. The van der Waals surface area contributed by atoms with Gasteiger partial charge in [-0.15, -0.1) is 0 Å². The van der Waals surface area contributed by atoms with Crippen LogP contribution in [0.2, 0.25) is 0 Å². The predicted octanol–water partition coefficient (Wildman–Crippen LogP) is 0.641. The summed E-state index contributed by atoms with van der Waals surface area (Å²) in [5.74, 6) is 0.148. The van der Waals surface area contributed by atoms with E-state index in [1.165, 1.54) is 0 Å². The molecule has 0 radical (unpaired) electrons. The second-order valence-corrected chi connectivity index (χ2v) is 7.08. The minimum absolute atomic E-state index is 0.148. The van der Waals surface area contributed by atoms with Crippen molar-refractivity contribution in [3.05, 3.63) is 29.8 Å². The molecule has 2 rings (SSSR count). The van der Waals surface area contributed by atoms with Crippen molar-refractivity contribution < 1.29 is 13.2 Å². The summed E-state index contributed by atoms with van der Waals surface area (Å²) in [4.78, 5) is 2.53. The monoisotopic (exact) mass is 298 g/mol. The zero-order valence-corrected chi connectivity index (χ0v) is 12.4. The van der Waals surface area contributed by atoms with Crippen molar-refractivity contribution >= 4 is 9.84 Å². The normalized spacial score (nSPS) is 17.9. The van der Waals surface area contributed by atoms with Gasteiger partial charge < -0.3 is 10.5 Å². The predicted molar refractivity (Wildman–Crippen MR) is 78.3 cm³/mol. The van der Waals surface area contributed by atoms with Crippen molar-refractivity contribution in [1.82, 2.24) is 4.90 Å². The van der Waals surface area contributed by atoms with E-state index in [1.807, 2.05) is 0 Å². The summed E-state index contributed by atoms with van der Waals surface area (Å²) in [5.41, 5.74) is 6.45. The molecular formula is C14H22N2O3S. The summed E-state index contributed by atoms with van der Waals surface area (Å²) in [7, 11) is -3.22. The van der Waals surface area contributed by atoms with Gasteiger partial charge in [-0.3, -0.25) is 4.90 Å². The molecule has 0 aliphatic carbocycles. The average molecular weight is 298 g/mol. The van der Waals surface area contributed by atoms with Crippen LogP contribution in [-0.2, 0) is 21.1 Å². The third-order valence-corrected chi connectivity index (χ3v) is 5.22. The van der Waals surface area contributed by atoms with Gasteiger partial charge in [0.15, 0.2) is 9.84 Å². The van der Waals surface area contributed by atoms with E-state index in [4.69, 9.17) is 10.5 Å². The maximum Gasteiger partial charge on any atom is 0.179 e. The van der Waals surface area contributed by atoms with Crippen LogP contribution < -0.4 is 5.73 Å². The van der Waals surface area contributed by atoms with E-state index in [9.17, 15) is 8.42 Å². The molecule has 1 aliphatic rings. The summed E-state index contributed by atoms with van der Waals surface area (Å²) in [5, 5.41) is 0. The van der Waals surface area contributed by atoms with Crippen LogP contribution in [-0.4, -0.2) is 51.9 Å². The largest absolute Gasteiger partial charge is 0.380 e. The van der Waals surface area contributed by atoms with E-state index in [0.717, 1.165) is 31.7 Å². The molecule has 1 aliphatic heterocycles. The lowest BCUT2D eigenvalue weighted by molar-refractivity contribution is 0.142. The van der Waals surface area contributed by atoms with Gasteiger partial charge in [0.05, 0.1) is 17.3 Å². The van der Waals surface area contributed by atoms with Gasteiger partial charge in [-0.05, 0) is 24.1 Å². The van der Waals surface area contributed by atoms with E-state index in [0.29, 0.717) is 24.6 Å². The van der Waals surface area contributed by atoms with Crippen LogP contribution in [0.3, 0.4) is 0 Å². The lowest BCUT2D eigenvalue weighted by Crippen LogP contribution is -2.31. The van der Waals surface area contributed by atoms with E-state index in [-0.39, 0.29) is 5.75 Å². The molecule has 0 amide bonds. The van der Waals surface area contributed by atoms with Gasteiger partial charge in [-0.1, -0.05) is 12.1 Å².